The number of nitrogens with one attached hydrogen (secondary N) is 1. The fourth-order valence-corrected chi connectivity index (χ4v) is 3.80. The lowest BCUT2D eigenvalue weighted by Gasteiger charge is -2.09. The Morgan fingerprint density at radius 1 is 1.28 bits per heavy atom. The molecule has 0 spiro atoms. The van der Waals surface area contributed by atoms with Crippen LogP contribution < -0.4 is 9.86 Å². The third kappa shape index (κ3) is 4.39. The highest BCUT2D eigenvalue weighted by atomic mass is 79.9. The molecule has 0 amide bonds. The highest BCUT2D eigenvalue weighted by Gasteiger charge is 2.14. The molecule has 0 aliphatic carbocycles. The minimum atomic E-state index is -3.82. The molecule has 0 aliphatic rings. The first-order valence-corrected chi connectivity index (χ1v) is 9.07. The van der Waals surface area contributed by atoms with Crippen molar-refractivity contribution in [3.05, 3.63) is 22.7 Å². The summed E-state index contributed by atoms with van der Waals surface area (Å²) in [4.78, 5) is -0.116. The number of sulfonamides is 2. The van der Waals surface area contributed by atoms with Crippen molar-refractivity contribution in [2.75, 3.05) is 16.4 Å². The first-order chi connectivity index (χ1) is 8.15. The van der Waals surface area contributed by atoms with E-state index in [4.69, 9.17) is 16.7 Å². The Labute approximate surface area is 119 Å². The smallest absolute Gasteiger partial charge is 0.238 e. The lowest BCUT2D eigenvalue weighted by Crippen LogP contribution is -2.18. The highest BCUT2D eigenvalue weighted by molar-refractivity contribution is 9.10. The van der Waals surface area contributed by atoms with Crippen LogP contribution in [-0.4, -0.2) is 28.5 Å². The van der Waals surface area contributed by atoms with Crippen molar-refractivity contribution in [2.24, 2.45) is 5.14 Å². The lowest BCUT2D eigenvalue weighted by atomic mass is 10.3. The van der Waals surface area contributed by atoms with Crippen molar-refractivity contribution in [1.29, 1.82) is 0 Å². The summed E-state index contributed by atoms with van der Waals surface area (Å²) >= 11 is 8.41. The van der Waals surface area contributed by atoms with Crippen molar-refractivity contribution in [1.82, 2.24) is 0 Å². The van der Waals surface area contributed by atoms with Crippen LogP contribution in [0.4, 0.5) is 5.69 Å². The minimum Gasteiger partial charge on any atom is -0.282 e. The fourth-order valence-electron chi connectivity index (χ4n) is 1.08. The topological polar surface area (TPSA) is 106 Å². The number of hydrogen-bond acceptors (Lipinski definition) is 4. The molecule has 102 valence electrons. The van der Waals surface area contributed by atoms with Crippen molar-refractivity contribution in [2.45, 2.75) is 4.90 Å². The van der Waals surface area contributed by atoms with Gasteiger partial charge < -0.3 is 0 Å². The first kappa shape index (κ1) is 15.7. The van der Waals surface area contributed by atoms with E-state index in [1.807, 2.05) is 0 Å². The van der Waals surface area contributed by atoms with E-state index in [0.717, 1.165) is 0 Å². The van der Waals surface area contributed by atoms with Gasteiger partial charge in [0.05, 0.1) is 16.3 Å². The van der Waals surface area contributed by atoms with E-state index in [9.17, 15) is 16.8 Å². The molecule has 0 radical (unpaired) electrons. The minimum absolute atomic E-state index is 0.0395. The predicted molar refractivity (Wildman–Crippen MR) is 73.6 cm³/mol. The van der Waals surface area contributed by atoms with Gasteiger partial charge in [0.2, 0.25) is 20.0 Å². The molecule has 0 saturated heterocycles. The summed E-state index contributed by atoms with van der Waals surface area (Å²) in [6, 6.07) is 3.72. The number of nitrogens with two attached hydrogens (primary N) is 1. The summed E-state index contributed by atoms with van der Waals surface area (Å²) in [7, 11) is -7.37. The van der Waals surface area contributed by atoms with Crippen LogP contribution >= 0.6 is 27.5 Å². The fraction of sp³-hybridized carbons (Fsp3) is 0.250. The van der Waals surface area contributed by atoms with Gasteiger partial charge in [-0.2, -0.15) is 0 Å². The van der Waals surface area contributed by atoms with Crippen molar-refractivity contribution in [3.8, 4) is 0 Å². The Morgan fingerprint density at radius 3 is 2.33 bits per heavy atom. The molecule has 10 heteroatoms. The Hall–Kier alpha value is -0.350. The van der Waals surface area contributed by atoms with Crippen LogP contribution in [0.1, 0.15) is 0 Å². The van der Waals surface area contributed by atoms with E-state index in [2.05, 4.69) is 20.7 Å². The molecule has 0 saturated carbocycles. The average molecular weight is 378 g/mol. The van der Waals surface area contributed by atoms with E-state index in [0.29, 0.717) is 0 Å². The molecule has 0 heterocycles. The first-order valence-electron chi connectivity index (χ1n) is 4.54. The predicted octanol–water partition coefficient (Wildman–Crippen LogP) is 1.08. The molecule has 0 atom stereocenters. The van der Waals surface area contributed by atoms with Gasteiger partial charge in [-0.3, -0.25) is 4.72 Å². The second-order valence-electron chi connectivity index (χ2n) is 3.30. The molecule has 3 N–H and O–H groups in total. The largest absolute Gasteiger partial charge is 0.282 e. The number of benzene rings is 1. The number of anilines is 1. The second kappa shape index (κ2) is 5.74. The van der Waals surface area contributed by atoms with E-state index < -0.39 is 20.0 Å². The third-order valence-corrected chi connectivity index (χ3v) is 5.13. The molecule has 18 heavy (non-hydrogen) atoms. The monoisotopic (exact) mass is 376 g/mol. The summed E-state index contributed by atoms with van der Waals surface area (Å²) in [5.41, 5.74) is 0.215. The summed E-state index contributed by atoms with van der Waals surface area (Å²) < 4.78 is 47.7. The Morgan fingerprint density at radius 2 is 1.89 bits per heavy atom. The number of rotatable bonds is 5. The van der Waals surface area contributed by atoms with Gasteiger partial charge >= 0.3 is 0 Å². The molecular weight excluding hydrogens is 368 g/mol. The van der Waals surface area contributed by atoms with Gasteiger partial charge in [0.1, 0.15) is 0 Å². The molecular formula is C8H10BrClN2O4S2. The van der Waals surface area contributed by atoms with Crippen LogP contribution in [0.3, 0.4) is 0 Å². The van der Waals surface area contributed by atoms with Crippen LogP contribution in [-0.2, 0) is 20.0 Å². The molecule has 0 fully saturated rings. The highest BCUT2D eigenvalue weighted by Crippen LogP contribution is 2.26. The third-order valence-electron chi connectivity index (χ3n) is 1.88. The molecule has 0 bridgehead atoms. The van der Waals surface area contributed by atoms with Crippen LogP contribution in [0, 0.1) is 0 Å². The molecule has 0 aliphatic heterocycles. The SMILES string of the molecule is NS(=O)(=O)c1ccc(NS(=O)(=O)CCCl)c(Br)c1. The van der Waals surface area contributed by atoms with Gasteiger partial charge in [0, 0.05) is 10.4 Å². The maximum Gasteiger partial charge on any atom is 0.238 e. The average Bonchev–Trinajstić information content (AvgIpc) is 2.19. The van der Waals surface area contributed by atoms with Crippen molar-refractivity contribution in [3.63, 3.8) is 0 Å². The van der Waals surface area contributed by atoms with Crippen LogP contribution in [0.15, 0.2) is 27.6 Å². The maximum atomic E-state index is 11.5. The Balaban J connectivity index is 3.08. The molecule has 1 rings (SSSR count). The van der Waals surface area contributed by atoms with Gasteiger partial charge in [-0.25, -0.2) is 22.0 Å². The number of alkyl halides is 1. The molecule has 6 nitrogen and oxygen atoms in total. The van der Waals surface area contributed by atoms with E-state index in [1.54, 1.807) is 0 Å². The van der Waals surface area contributed by atoms with Gasteiger partial charge in [-0.15, -0.1) is 11.6 Å². The summed E-state index contributed by atoms with van der Waals surface area (Å²) in [6.07, 6.45) is 0. The Kier molecular flexibility index (Phi) is 5.01. The number of primary sulfonamides is 1. The van der Waals surface area contributed by atoms with E-state index >= 15 is 0 Å². The van der Waals surface area contributed by atoms with E-state index in [-0.39, 0.29) is 26.7 Å². The van der Waals surface area contributed by atoms with Crippen molar-refractivity contribution >= 4 is 53.3 Å². The molecule has 0 unspecified atom stereocenters. The van der Waals surface area contributed by atoms with Gasteiger partial charge in [0.25, 0.3) is 0 Å². The lowest BCUT2D eigenvalue weighted by molar-refractivity contribution is 0.597. The summed E-state index contributed by atoms with van der Waals surface area (Å²) in [5, 5.41) is 4.95. The maximum absolute atomic E-state index is 11.5. The zero-order valence-electron chi connectivity index (χ0n) is 8.93. The zero-order valence-corrected chi connectivity index (χ0v) is 12.9. The summed E-state index contributed by atoms with van der Waals surface area (Å²) in [5.74, 6) is -0.278. The number of halogens is 2. The molecule has 0 aromatic heterocycles. The van der Waals surface area contributed by atoms with Gasteiger partial charge in [-0.05, 0) is 34.1 Å². The van der Waals surface area contributed by atoms with E-state index in [1.165, 1.54) is 18.2 Å². The van der Waals surface area contributed by atoms with Crippen LogP contribution in [0.5, 0.6) is 0 Å². The molecule has 1 aromatic carbocycles. The number of hydrogen-bond donors (Lipinski definition) is 2. The second-order valence-corrected chi connectivity index (χ2v) is 7.93. The Bertz CT molecular complexity index is 645. The summed E-state index contributed by atoms with van der Waals surface area (Å²) in [6.45, 7) is 0. The van der Waals surface area contributed by atoms with Gasteiger partial charge in [-0.1, -0.05) is 0 Å². The normalized spacial score (nSPS) is 12.4. The quantitative estimate of drug-likeness (QED) is 0.749. The van der Waals surface area contributed by atoms with Crippen molar-refractivity contribution < 1.29 is 16.8 Å². The standard InChI is InChI=1S/C8H10BrClN2O4S2/c9-7-5-6(18(11,15)16)1-2-8(7)12-17(13,14)4-3-10/h1-2,5,12H,3-4H2,(H2,11,15,16). The zero-order chi connectivity index (χ0) is 14.0. The van der Waals surface area contributed by atoms with Crippen LogP contribution in [0.2, 0.25) is 0 Å². The van der Waals surface area contributed by atoms with Crippen LogP contribution in [0.25, 0.3) is 0 Å². The van der Waals surface area contributed by atoms with Gasteiger partial charge in [0.15, 0.2) is 0 Å². The molecule has 1 aromatic rings.